The zero-order chi connectivity index (χ0) is 22.9. The first-order valence-electron chi connectivity index (χ1n) is 10.6. The number of primary amides is 1. The van der Waals surface area contributed by atoms with Crippen LogP contribution in [0.2, 0.25) is 0 Å². The molecule has 2 amide bonds. The quantitative estimate of drug-likeness (QED) is 0.464. The summed E-state index contributed by atoms with van der Waals surface area (Å²) in [6.45, 7) is 1.77. The van der Waals surface area contributed by atoms with E-state index in [0.717, 1.165) is 11.0 Å². The number of nitrogens with two attached hydrogens (primary N) is 1. The second-order valence-corrected chi connectivity index (χ2v) is 7.86. The van der Waals surface area contributed by atoms with Crippen LogP contribution in [-0.4, -0.2) is 29.1 Å². The van der Waals surface area contributed by atoms with Gasteiger partial charge in [0.25, 0.3) is 5.91 Å². The van der Waals surface area contributed by atoms with E-state index in [0.29, 0.717) is 40.5 Å². The second kappa shape index (κ2) is 8.31. The Labute approximate surface area is 189 Å². The lowest BCUT2D eigenvalue weighted by Crippen LogP contribution is -2.32. The van der Waals surface area contributed by atoms with Gasteiger partial charge in [-0.25, -0.2) is 5.01 Å². The number of carbonyl (C=O) groups is 2. The summed E-state index contributed by atoms with van der Waals surface area (Å²) < 4.78 is 11.6. The Bertz CT molecular complexity index is 1340. The minimum Gasteiger partial charge on any atom is -0.467 e. The van der Waals surface area contributed by atoms with E-state index in [1.54, 1.807) is 37.5 Å². The highest BCUT2D eigenvalue weighted by Gasteiger charge is 2.35. The molecule has 0 bridgehead atoms. The summed E-state index contributed by atoms with van der Waals surface area (Å²) in [5.74, 6) is 0.512. The van der Waals surface area contributed by atoms with Crippen molar-refractivity contribution >= 4 is 34.2 Å². The number of benzene rings is 2. The van der Waals surface area contributed by atoms with Crippen LogP contribution in [-0.2, 0) is 4.79 Å². The number of amides is 2. The standard InChI is InChI=1S/C25H22N4O4/c1-15-17(25(26)31)7-4-8-18(15)27-14-24(30)29-20(22-10-5-11-32-22)13-19(28-29)23-12-16-6-2-3-9-21(16)33-23/h2-12,20,27H,13-14H2,1H3,(H2,26,31)/t20-/m0/s1. The van der Waals surface area contributed by atoms with Crippen molar-refractivity contribution in [1.29, 1.82) is 0 Å². The van der Waals surface area contributed by atoms with Crippen molar-refractivity contribution in [2.24, 2.45) is 10.8 Å². The SMILES string of the molecule is Cc1c(NCC(=O)N2N=C(c3cc4ccccc4o3)C[C@H]2c2ccco2)cccc1C(N)=O. The predicted octanol–water partition coefficient (Wildman–Crippen LogP) is 4.22. The predicted molar refractivity (Wildman–Crippen MR) is 124 cm³/mol. The highest BCUT2D eigenvalue weighted by molar-refractivity contribution is 6.04. The number of nitrogens with one attached hydrogen (secondary N) is 1. The number of carbonyl (C=O) groups excluding carboxylic acids is 2. The van der Waals surface area contributed by atoms with Crippen molar-refractivity contribution in [2.75, 3.05) is 11.9 Å². The normalized spacial score (nSPS) is 15.6. The summed E-state index contributed by atoms with van der Waals surface area (Å²) in [4.78, 5) is 24.8. The number of anilines is 1. The second-order valence-electron chi connectivity index (χ2n) is 7.86. The topological polar surface area (TPSA) is 114 Å². The van der Waals surface area contributed by atoms with Gasteiger partial charge in [0.05, 0.1) is 12.8 Å². The molecule has 1 atom stereocenters. The van der Waals surface area contributed by atoms with Gasteiger partial charge in [0, 0.05) is 23.1 Å². The van der Waals surface area contributed by atoms with Crippen LogP contribution in [0.1, 0.15) is 39.9 Å². The lowest BCUT2D eigenvalue weighted by molar-refractivity contribution is -0.131. The molecule has 8 heteroatoms. The monoisotopic (exact) mass is 442 g/mol. The molecule has 0 aliphatic carbocycles. The molecule has 1 aliphatic heterocycles. The Kier molecular flexibility index (Phi) is 5.18. The Morgan fingerprint density at radius 1 is 1.15 bits per heavy atom. The van der Waals surface area contributed by atoms with Crippen LogP contribution in [0.5, 0.6) is 0 Å². The molecule has 0 unspecified atom stereocenters. The highest BCUT2D eigenvalue weighted by atomic mass is 16.3. The minimum absolute atomic E-state index is 0.0167. The van der Waals surface area contributed by atoms with Crippen LogP contribution < -0.4 is 11.1 Å². The van der Waals surface area contributed by atoms with Gasteiger partial charge < -0.3 is 19.9 Å². The molecule has 5 rings (SSSR count). The molecule has 2 aromatic heterocycles. The summed E-state index contributed by atoms with van der Waals surface area (Å²) >= 11 is 0. The molecule has 33 heavy (non-hydrogen) atoms. The average molecular weight is 442 g/mol. The fourth-order valence-corrected chi connectivity index (χ4v) is 4.06. The minimum atomic E-state index is -0.514. The first-order chi connectivity index (χ1) is 16.0. The zero-order valence-electron chi connectivity index (χ0n) is 17.9. The van der Waals surface area contributed by atoms with E-state index in [1.165, 1.54) is 5.01 Å². The Balaban J connectivity index is 1.40. The Morgan fingerprint density at radius 3 is 2.76 bits per heavy atom. The smallest absolute Gasteiger partial charge is 0.262 e. The molecular formula is C25H22N4O4. The van der Waals surface area contributed by atoms with E-state index >= 15 is 0 Å². The van der Waals surface area contributed by atoms with Gasteiger partial charge in [0.1, 0.15) is 23.1 Å². The third kappa shape index (κ3) is 3.87. The summed E-state index contributed by atoms with van der Waals surface area (Å²) in [6.07, 6.45) is 2.05. The molecule has 166 valence electrons. The lowest BCUT2D eigenvalue weighted by Gasteiger charge is -2.20. The maximum absolute atomic E-state index is 13.2. The first kappa shape index (κ1) is 20.6. The van der Waals surface area contributed by atoms with E-state index in [4.69, 9.17) is 14.6 Å². The third-order valence-electron chi connectivity index (χ3n) is 5.78. The highest BCUT2D eigenvalue weighted by Crippen LogP contribution is 2.34. The van der Waals surface area contributed by atoms with Gasteiger partial charge in [-0.3, -0.25) is 9.59 Å². The number of hydrogen-bond acceptors (Lipinski definition) is 6. The van der Waals surface area contributed by atoms with E-state index in [2.05, 4.69) is 10.4 Å². The van der Waals surface area contributed by atoms with E-state index in [-0.39, 0.29) is 18.5 Å². The van der Waals surface area contributed by atoms with Crippen LogP contribution in [0.3, 0.4) is 0 Å². The molecule has 0 saturated carbocycles. The number of fused-ring (bicyclic) bond motifs is 1. The largest absolute Gasteiger partial charge is 0.467 e. The summed E-state index contributed by atoms with van der Waals surface area (Å²) in [5, 5.41) is 10.1. The molecule has 3 N–H and O–H groups in total. The van der Waals surface area contributed by atoms with Crippen molar-refractivity contribution in [1.82, 2.24) is 5.01 Å². The van der Waals surface area contributed by atoms with Gasteiger partial charge in [-0.2, -0.15) is 5.10 Å². The fourth-order valence-electron chi connectivity index (χ4n) is 4.06. The van der Waals surface area contributed by atoms with Crippen molar-refractivity contribution in [3.8, 4) is 0 Å². The van der Waals surface area contributed by atoms with Crippen molar-refractivity contribution in [2.45, 2.75) is 19.4 Å². The summed E-state index contributed by atoms with van der Waals surface area (Å²) in [5.41, 5.74) is 8.63. The van der Waals surface area contributed by atoms with Gasteiger partial charge in [-0.05, 0) is 48.9 Å². The van der Waals surface area contributed by atoms with Gasteiger partial charge in [0.15, 0.2) is 5.76 Å². The van der Waals surface area contributed by atoms with E-state index < -0.39 is 5.91 Å². The van der Waals surface area contributed by atoms with E-state index in [9.17, 15) is 9.59 Å². The van der Waals surface area contributed by atoms with Crippen molar-refractivity contribution < 1.29 is 18.4 Å². The number of furan rings is 2. The van der Waals surface area contributed by atoms with Crippen molar-refractivity contribution in [3.05, 3.63) is 89.6 Å². The molecule has 1 aliphatic rings. The van der Waals surface area contributed by atoms with Crippen LogP contribution in [0.4, 0.5) is 5.69 Å². The number of para-hydroxylation sites is 1. The maximum Gasteiger partial charge on any atom is 0.262 e. The molecule has 0 radical (unpaired) electrons. The van der Waals surface area contributed by atoms with Crippen LogP contribution in [0.15, 0.2) is 80.9 Å². The fraction of sp³-hybridized carbons (Fsp3) is 0.160. The van der Waals surface area contributed by atoms with Crippen molar-refractivity contribution in [3.63, 3.8) is 0 Å². The van der Waals surface area contributed by atoms with Gasteiger partial charge in [0.2, 0.25) is 5.91 Å². The molecular weight excluding hydrogens is 420 g/mol. The van der Waals surface area contributed by atoms with Gasteiger partial charge >= 0.3 is 0 Å². The molecule has 0 fully saturated rings. The molecule has 2 aromatic carbocycles. The maximum atomic E-state index is 13.2. The average Bonchev–Trinajstić information content (AvgIpc) is 3.56. The molecule has 4 aromatic rings. The molecule has 0 spiro atoms. The van der Waals surface area contributed by atoms with Crippen LogP contribution >= 0.6 is 0 Å². The number of hydrazone groups is 1. The van der Waals surface area contributed by atoms with Crippen LogP contribution in [0.25, 0.3) is 11.0 Å². The number of rotatable bonds is 6. The first-order valence-corrected chi connectivity index (χ1v) is 10.6. The lowest BCUT2D eigenvalue weighted by atomic mass is 10.1. The summed E-state index contributed by atoms with van der Waals surface area (Å²) in [7, 11) is 0. The Morgan fingerprint density at radius 2 is 2.00 bits per heavy atom. The number of nitrogens with zero attached hydrogens (tertiary/aromatic N) is 2. The third-order valence-corrected chi connectivity index (χ3v) is 5.78. The Hall–Kier alpha value is -4.33. The summed E-state index contributed by atoms with van der Waals surface area (Å²) in [6, 6.07) is 18.1. The molecule has 3 heterocycles. The van der Waals surface area contributed by atoms with Gasteiger partial charge in [-0.1, -0.05) is 24.3 Å². The van der Waals surface area contributed by atoms with Gasteiger partial charge in [-0.15, -0.1) is 0 Å². The molecule has 0 saturated heterocycles. The number of hydrogen-bond donors (Lipinski definition) is 2. The van der Waals surface area contributed by atoms with E-state index in [1.807, 2.05) is 36.4 Å². The zero-order valence-corrected chi connectivity index (χ0v) is 17.9. The van der Waals surface area contributed by atoms with Crippen LogP contribution in [0, 0.1) is 6.92 Å². The molecule has 8 nitrogen and oxygen atoms in total.